The summed E-state index contributed by atoms with van der Waals surface area (Å²) in [4.78, 5) is 8.87. The van der Waals surface area contributed by atoms with E-state index in [4.69, 9.17) is 35.9 Å². The van der Waals surface area contributed by atoms with Crippen LogP contribution in [0.4, 0.5) is 11.5 Å². The molecule has 0 aliphatic heterocycles. The molecule has 2 heterocycles. The van der Waals surface area contributed by atoms with Gasteiger partial charge in [0.25, 0.3) is 0 Å². The summed E-state index contributed by atoms with van der Waals surface area (Å²) in [6.45, 7) is 0.973. The summed E-state index contributed by atoms with van der Waals surface area (Å²) in [5, 5.41) is 6.21. The molecule has 8 nitrogen and oxygen atoms in total. The standard InChI is InChI=1S/C29H27N3O5S3/c1-33-24-10-7-19(13-25(24)34-2)32-28-21-14-26(35-3)27(15-23(21)30-17-31-28)37-12-4-11-36-20-8-5-18(6-9-20)22-16-39-40-29(22)38/h5-10,13-17H,4,11-12H2,1-3H3,(H,30,31,32). The summed E-state index contributed by atoms with van der Waals surface area (Å²) in [7, 11) is 8.08. The molecule has 5 aromatic rings. The van der Waals surface area contributed by atoms with E-state index < -0.39 is 0 Å². The summed E-state index contributed by atoms with van der Waals surface area (Å²) >= 11 is 5.39. The van der Waals surface area contributed by atoms with E-state index in [9.17, 15) is 0 Å². The van der Waals surface area contributed by atoms with Crippen molar-refractivity contribution < 1.29 is 23.7 Å². The molecule has 0 radical (unpaired) electrons. The molecule has 5 rings (SSSR count). The number of hydrogen-bond donors (Lipinski definition) is 1. The fourth-order valence-corrected chi connectivity index (χ4v) is 6.44. The molecule has 0 aliphatic carbocycles. The molecule has 0 bridgehead atoms. The molecule has 40 heavy (non-hydrogen) atoms. The zero-order valence-electron chi connectivity index (χ0n) is 22.1. The maximum Gasteiger partial charge on any atom is 0.163 e. The van der Waals surface area contributed by atoms with Crippen LogP contribution in [-0.4, -0.2) is 44.5 Å². The van der Waals surface area contributed by atoms with Crippen LogP contribution in [0, 0.1) is 3.82 Å². The lowest BCUT2D eigenvalue weighted by Crippen LogP contribution is -2.06. The molecule has 206 valence electrons. The zero-order valence-corrected chi connectivity index (χ0v) is 24.6. The van der Waals surface area contributed by atoms with E-state index in [1.54, 1.807) is 42.0 Å². The van der Waals surface area contributed by atoms with Crippen LogP contribution in [0.2, 0.25) is 0 Å². The number of ether oxygens (including phenoxy) is 5. The molecule has 3 aromatic carbocycles. The van der Waals surface area contributed by atoms with Crippen molar-refractivity contribution in [3.63, 3.8) is 0 Å². The average Bonchev–Trinajstić information content (AvgIpc) is 3.42. The summed E-state index contributed by atoms with van der Waals surface area (Å²) in [6, 6.07) is 17.3. The second-order valence-corrected chi connectivity index (χ2v) is 11.3. The Morgan fingerprint density at radius 1 is 0.800 bits per heavy atom. The van der Waals surface area contributed by atoms with Gasteiger partial charge in [0.05, 0.1) is 40.1 Å². The predicted molar refractivity (Wildman–Crippen MR) is 163 cm³/mol. The van der Waals surface area contributed by atoms with Crippen molar-refractivity contribution in [1.29, 1.82) is 0 Å². The number of anilines is 2. The normalized spacial score (nSPS) is 10.8. The molecule has 2 aromatic heterocycles. The van der Waals surface area contributed by atoms with E-state index in [0.29, 0.717) is 48.5 Å². The summed E-state index contributed by atoms with van der Waals surface area (Å²) in [6.07, 6.45) is 2.20. The molecule has 0 saturated heterocycles. The number of hydrogen-bond acceptors (Lipinski definition) is 11. The lowest BCUT2D eigenvalue weighted by molar-refractivity contribution is 0.240. The number of benzene rings is 3. The molecule has 0 atom stereocenters. The number of methoxy groups -OCH3 is 3. The average molecular weight is 594 g/mol. The quantitative estimate of drug-likeness (QED) is 0.0886. The van der Waals surface area contributed by atoms with E-state index >= 15 is 0 Å². The topological polar surface area (TPSA) is 84.0 Å². The highest BCUT2D eigenvalue weighted by Gasteiger charge is 2.13. The van der Waals surface area contributed by atoms with E-state index in [1.165, 1.54) is 6.33 Å². The highest BCUT2D eigenvalue weighted by Crippen LogP contribution is 2.36. The zero-order chi connectivity index (χ0) is 27.9. The number of aromatic nitrogens is 2. The first kappa shape index (κ1) is 27.6. The molecule has 11 heteroatoms. The second-order valence-electron chi connectivity index (χ2n) is 8.51. The minimum absolute atomic E-state index is 0.456. The maximum absolute atomic E-state index is 6.04. The van der Waals surface area contributed by atoms with Gasteiger partial charge in [0, 0.05) is 40.6 Å². The van der Waals surface area contributed by atoms with Crippen molar-refractivity contribution in [1.82, 2.24) is 9.97 Å². The Kier molecular flexibility index (Phi) is 8.94. The lowest BCUT2D eigenvalue weighted by atomic mass is 10.1. The minimum atomic E-state index is 0.456. The van der Waals surface area contributed by atoms with Crippen molar-refractivity contribution in [2.24, 2.45) is 0 Å². The van der Waals surface area contributed by atoms with Gasteiger partial charge in [0.2, 0.25) is 0 Å². The molecule has 0 spiro atoms. The molecule has 0 saturated carbocycles. The van der Waals surface area contributed by atoms with Crippen LogP contribution >= 0.6 is 32.9 Å². The fraction of sp³-hybridized carbons (Fsp3) is 0.207. The van der Waals surface area contributed by atoms with Crippen LogP contribution in [-0.2, 0) is 0 Å². The van der Waals surface area contributed by atoms with Crippen molar-refractivity contribution >= 4 is 55.3 Å². The van der Waals surface area contributed by atoms with Gasteiger partial charge >= 0.3 is 0 Å². The van der Waals surface area contributed by atoms with Gasteiger partial charge in [-0.15, -0.1) is 0 Å². The third-order valence-corrected chi connectivity index (χ3v) is 8.72. The van der Waals surface area contributed by atoms with Gasteiger partial charge in [-0.05, 0) is 35.9 Å². The molecule has 1 N–H and O–H groups in total. The number of nitrogens with one attached hydrogen (secondary N) is 1. The Morgan fingerprint density at radius 2 is 1.55 bits per heavy atom. The Morgan fingerprint density at radius 3 is 2.27 bits per heavy atom. The van der Waals surface area contributed by atoms with E-state index in [1.807, 2.05) is 54.6 Å². The van der Waals surface area contributed by atoms with Crippen LogP contribution in [0.15, 0.2) is 66.3 Å². The minimum Gasteiger partial charge on any atom is -0.493 e. The van der Waals surface area contributed by atoms with Gasteiger partial charge < -0.3 is 29.0 Å². The third kappa shape index (κ3) is 6.27. The van der Waals surface area contributed by atoms with E-state index in [-0.39, 0.29) is 0 Å². The Labute approximate surface area is 244 Å². The van der Waals surface area contributed by atoms with Gasteiger partial charge in [-0.1, -0.05) is 45.0 Å². The first-order chi connectivity index (χ1) is 19.6. The summed E-state index contributed by atoms with van der Waals surface area (Å²) in [5.74, 6) is 3.89. The molecular weight excluding hydrogens is 567 g/mol. The lowest BCUT2D eigenvalue weighted by Gasteiger charge is -2.15. The van der Waals surface area contributed by atoms with Gasteiger partial charge in [0.15, 0.2) is 23.0 Å². The van der Waals surface area contributed by atoms with Gasteiger partial charge in [-0.25, -0.2) is 9.97 Å². The molecule has 0 aliphatic rings. The van der Waals surface area contributed by atoms with Crippen molar-refractivity contribution in [2.45, 2.75) is 6.42 Å². The summed E-state index contributed by atoms with van der Waals surface area (Å²) < 4.78 is 29.2. The Hall–Kier alpha value is -3.93. The Balaban J connectivity index is 1.21. The van der Waals surface area contributed by atoms with Crippen LogP contribution in [0.1, 0.15) is 6.42 Å². The maximum atomic E-state index is 6.04. The van der Waals surface area contributed by atoms with Crippen molar-refractivity contribution in [3.05, 3.63) is 70.1 Å². The van der Waals surface area contributed by atoms with E-state index in [0.717, 1.165) is 37.3 Å². The SMILES string of the molecule is COc1ccc(Nc2ncnc3cc(OCCCOc4ccc(-c5cssc5=S)cc4)c(OC)cc23)cc1OC. The fourth-order valence-electron chi connectivity index (χ4n) is 4.04. The van der Waals surface area contributed by atoms with Gasteiger partial charge in [-0.3, -0.25) is 0 Å². The molecular formula is C29H27N3O5S3. The first-order valence-corrected chi connectivity index (χ1v) is 15.0. The molecule has 0 amide bonds. The van der Waals surface area contributed by atoms with Crippen molar-refractivity contribution in [2.75, 3.05) is 39.9 Å². The van der Waals surface area contributed by atoms with Gasteiger partial charge in [-0.2, -0.15) is 0 Å². The van der Waals surface area contributed by atoms with Crippen LogP contribution in [0.3, 0.4) is 0 Å². The largest absolute Gasteiger partial charge is 0.493 e. The van der Waals surface area contributed by atoms with Crippen LogP contribution < -0.4 is 29.0 Å². The van der Waals surface area contributed by atoms with Crippen LogP contribution in [0.5, 0.6) is 28.7 Å². The first-order valence-electron chi connectivity index (χ1n) is 12.3. The highest BCUT2D eigenvalue weighted by atomic mass is 32.9. The summed E-state index contributed by atoms with van der Waals surface area (Å²) in [5.41, 5.74) is 3.72. The van der Waals surface area contributed by atoms with Crippen LogP contribution in [0.25, 0.3) is 22.0 Å². The van der Waals surface area contributed by atoms with Gasteiger partial charge in [0.1, 0.15) is 21.7 Å². The number of rotatable bonds is 12. The third-order valence-electron chi connectivity index (χ3n) is 6.06. The van der Waals surface area contributed by atoms with Crippen molar-refractivity contribution in [3.8, 4) is 39.9 Å². The predicted octanol–water partition coefficient (Wildman–Crippen LogP) is 7.77. The smallest absolute Gasteiger partial charge is 0.163 e. The second kappa shape index (κ2) is 12.9. The molecule has 0 unspecified atom stereocenters. The van der Waals surface area contributed by atoms with E-state index in [2.05, 4.69) is 20.7 Å². The Bertz CT molecular complexity index is 1650. The number of fused-ring (bicyclic) bond motifs is 1. The highest BCUT2D eigenvalue weighted by molar-refractivity contribution is 7.79. The molecule has 0 fully saturated rings. The number of nitrogens with zero attached hydrogens (tertiary/aromatic N) is 2. The monoisotopic (exact) mass is 593 g/mol.